The number of fused-ring (bicyclic) bond motifs is 7. The lowest BCUT2D eigenvalue weighted by Gasteiger charge is -2.71. The van der Waals surface area contributed by atoms with Crippen molar-refractivity contribution in [3.63, 3.8) is 0 Å². The number of carboxylic acids is 1. The van der Waals surface area contributed by atoms with E-state index in [1.807, 2.05) is 0 Å². The Balaban J connectivity index is 1.61. The fourth-order valence-corrected chi connectivity index (χ4v) is 10.8. The minimum Gasteiger partial charge on any atom is -0.481 e. The van der Waals surface area contributed by atoms with Gasteiger partial charge in [0.05, 0.1) is 11.5 Å². The molecule has 0 heterocycles. The largest absolute Gasteiger partial charge is 0.481 e. The van der Waals surface area contributed by atoms with E-state index in [9.17, 15) is 15.0 Å². The molecule has 0 saturated heterocycles. The number of aliphatic carboxylic acids is 1. The zero-order valence-corrected chi connectivity index (χ0v) is 22.2. The van der Waals surface area contributed by atoms with Gasteiger partial charge in [0.1, 0.15) is 0 Å². The van der Waals surface area contributed by atoms with Crippen LogP contribution in [-0.2, 0) is 4.79 Å². The molecule has 0 bridgehead atoms. The Labute approximate surface area is 201 Å². The van der Waals surface area contributed by atoms with Gasteiger partial charge in [-0.2, -0.15) is 0 Å². The summed E-state index contributed by atoms with van der Waals surface area (Å²) in [4.78, 5) is 12.8. The van der Waals surface area contributed by atoms with E-state index >= 15 is 0 Å². The molecular formula is C30H48O3. The van der Waals surface area contributed by atoms with Gasteiger partial charge >= 0.3 is 5.97 Å². The monoisotopic (exact) mass is 456 g/mol. The lowest BCUT2D eigenvalue weighted by molar-refractivity contribution is -0.206. The molecule has 10 atom stereocenters. The fraction of sp³-hybridized carbons (Fsp3) is 0.900. The van der Waals surface area contributed by atoms with Crippen LogP contribution in [0.4, 0.5) is 0 Å². The number of aliphatic hydroxyl groups excluding tert-OH is 1. The normalized spacial score (nSPS) is 55.3. The average Bonchev–Trinajstić information content (AvgIpc) is 2.74. The van der Waals surface area contributed by atoms with Gasteiger partial charge in [0.2, 0.25) is 0 Å². The van der Waals surface area contributed by atoms with E-state index < -0.39 is 11.4 Å². The van der Waals surface area contributed by atoms with Crippen LogP contribution in [0.25, 0.3) is 0 Å². The van der Waals surface area contributed by atoms with E-state index in [-0.39, 0.29) is 33.7 Å². The highest BCUT2D eigenvalue weighted by molar-refractivity contribution is 5.76. The molecule has 2 N–H and O–H groups in total. The van der Waals surface area contributed by atoms with Crippen molar-refractivity contribution in [2.75, 3.05) is 0 Å². The van der Waals surface area contributed by atoms with Crippen molar-refractivity contribution in [1.82, 2.24) is 0 Å². The maximum absolute atomic E-state index is 12.8. The second kappa shape index (κ2) is 7.11. The molecule has 186 valence electrons. The van der Waals surface area contributed by atoms with Crippen molar-refractivity contribution in [1.29, 1.82) is 0 Å². The van der Waals surface area contributed by atoms with Gasteiger partial charge in [-0.15, -0.1) is 0 Å². The Hall–Kier alpha value is -0.830. The standard InChI is InChI=1S/C30H48O3/c1-18-10-15-30(25(32)33)17-16-28(6)20(24(30)19(18)2)8-9-22-27(5)13-12-23(31)26(3,4)21(27)11-14-29(22,28)7/h8,18-19,21-24,31H,9-17H2,1-7H3,(H,32,33)/t18-,19-,21-,22-,23-,24+,27+,28-,29-,30+/m0/s1. The summed E-state index contributed by atoms with van der Waals surface area (Å²) in [6.45, 7) is 17.0. The molecule has 0 spiro atoms. The Bertz CT molecular complexity index is 874. The molecule has 0 aliphatic heterocycles. The van der Waals surface area contributed by atoms with Crippen LogP contribution in [0.15, 0.2) is 11.6 Å². The van der Waals surface area contributed by atoms with E-state index in [0.717, 1.165) is 44.9 Å². The Morgan fingerprint density at radius 3 is 2.27 bits per heavy atom. The minimum atomic E-state index is -0.557. The highest BCUT2D eigenvalue weighted by Gasteiger charge is 2.69. The van der Waals surface area contributed by atoms with Crippen LogP contribution >= 0.6 is 0 Å². The van der Waals surface area contributed by atoms with Crippen molar-refractivity contribution >= 4 is 5.97 Å². The van der Waals surface area contributed by atoms with Crippen LogP contribution in [0.2, 0.25) is 0 Å². The molecule has 33 heavy (non-hydrogen) atoms. The lowest BCUT2D eigenvalue weighted by atomic mass is 9.33. The number of hydrogen-bond donors (Lipinski definition) is 2. The number of carboxylic acid groups (broad SMARTS) is 1. The summed E-state index contributed by atoms with van der Waals surface area (Å²) >= 11 is 0. The zero-order chi connectivity index (χ0) is 24.2. The van der Waals surface area contributed by atoms with Crippen LogP contribution < -0.4 is 0 Å². The van der Waals surface area contributed by atoms with Gasteiger partial charge in [-0.05, 0) is 109 Å². The molecule has 4 fully saturated rings. The van der Waals surface area contributed by atoms with Crippen LogP contribution in [0.3, 0.4) is 0 Å². The summed E-state index contributed by atoms with van der Waals surface area (Å²) in [6, 6.07) is 0. The summed E-state index contributed by atoms with van der Waals surface area (Å²) in [7, 11) is 0. The van der Waals surface area contributed by atoms with Gasteiger partial charge in [-0.25, -0.2) is 0 Å². The van der Waals surface area contributed by atoms with E-state index in [4.69, 9.17) is 0 Å². The molecule has 3 nitrogen and oxygen atoms in total. The van der Waals surface area contributed by atoms with Gasteiger partial charge < -0.3 is 10.2 Å². The average molecular weight is 457 g/mol. The molecule has 0 aromatic rings. The molecule has 5 rings (SSSR count). The molecule has 0 aromatic heterocycles. The Morgan fingerprint density at radius 1 is 0.909 bits per heavy atom. The van der Waals surface area contributed by atoms with Crippen LogP contribution in [0, 0.1) is 56.7 Å². The highest BCUT2D eigenvalue weighted by atomic mass is 16.4. The smallest absolute Gasteiger partial charge is 0.310 e. The summed E-state index contributed by atoms with van der Waals surface area (Å²) in [5.74, 6) is 1.82. The van der Waals surface area contributed by atoms with Crippen LogP contribution in [0.5, 0.6) is 0 Å². The molecule has 4 saturated carbocycles. The second-order valence-corrected chi connectivity index (χ2v) is 14.5. The number of hydrogen-bond acceptors (Lipinski definition) is 2. The first-order valence-electron chi connectivity index (χ1n) is 13.9. The number of allylic oxidation sites excluding steroid dienone is 2. The highest BCUT2D eigenvalue weighted by Crippen LogP contribution is 2.75. The molecule has 3 heteroatoms. The van der Waals surface area contributed by atoms with Crippen molar-refractivity contribution in [3.8, 4) is 0 Å². The third-order valence-electron chi connectivity index (χ3n) is 13.4. The summed E-state index contributed by atoms with van der Waals surface area (Å²) in [5.41, 5.74) is 1.46. The third-order valence-corrected chi connectivity index (χ3v) is 13.4. The predicted molar refractivity (Wildman–Crippen MR) is 133 cm³/mol. The minimum absolute atomic E-state index is 0.0302. The first-order valence-corrected chi connectivity index (χ1v) is 13.9. The van der Waals surface area contributed by atoms with Crippen molar-refractivity contribution < 1.29 is 15.0 Å². The quantitative estimate of drug-likeness (QED) is 0.414. The molecule has 0 radical (unpaired) electrons. The first-order chi connectivity index (χ1) is 15.3. The van der Waals surface area contributed by atoms with E-state index in [1.165, 1.54) is 18.4 Å². The molecule has 5 aliphatic carbocycles. The maximum Gasteiger partial charge on any atom is 0.310 e. The van der Waals surface area contributed by atoms with Crippen LogP contribution in [0.1, 0.15) is 106 Å². The van der Waals surface area contributed by atoms with Crippen molar-refractivity contribution in [2.24, 2.45) is 56.7 Å². The van der Waals surface area contributed by atoms with Gasteiger partial charge in [-0.3, -0.25) is 4.79 Å². The van der Waals surface area contributed by atoms with Crippen molar-refractivity contribution in [3.05, 3.63) is 11.6 Å². The maximum atomic E-state index is 12.8. The Morgan fingerprint density at radius 2 is 1.61 bits per heavy atom. The predicted octanol–water partition coefficient (Wildman–Crippen LogP) is 7.09. The topological polar surface area (TPSA) is 57.5 Å². The summed E-state index contributed by atoms with van der Waals surface area (Å²) in [6.07, 6.45) is 11.6. The Kier molecular flexibility index (Phi) is 5.15. The lowest BCUT2D eigenvalue weighted by Crippen LogP contribution is -2.65. The molecule has 0 unspecified atom stereocenters. The van der Waals surface area contributed by atoms with E-state index in [0.29, 0.717) is 23.7 Å². The molecular weight excluding hydrogens is 408 g/mol. The first kappa shape index (κ1) is 23.9. The number of carbonyl (C=O) groups is 1. The molecule has 5 aliphatic rings. The second-order valence-electron chi connectivity index (χ2n) is 14.5. The van der Waals surface area contributed by atoms with Crippen LogP contribution in [-0.4, -0.2) is 22.3 Å². The number of aliphatic hydroxyl groups is 1. The van der Waals surface area contributed by atoms with Gasteiger partial charge in [-0.1, -0.05) is 60.1 Å². The third kappa shape index (κ3) is 2.75. The van der Waals surface area contributed by atoms with E-state index in [1.54, 1.807) is 0 Å². The SMILES string of the molecule is C[C@H]1[C@@H](C)CC[C@@]2(C(=O)O)CC[C@@]3(C)C(=CC[C@H]4[C@]5(C)CC[C@H](O)C(C)(C)[C@@H]5CC[C@@]43C)[C@@H]12. The van der Waals surface area contributed by atoms with Gasteiger partial charge in [0.25, 0.3) is 0 Å². The van der Waals surface area contributed by atoms with Gasteiger partial charge in [0.15, 0.2) is 0 Å². The summed E-state index contributed by atoms with van der Waals surface area (Å²) in [5, 5.41) is 21.4. The zero-order valence-electron chi connectivity index (χ0n) is 22.2. The summed E-state index contributed by atoms with van der Waals surface area (Å²) < 4.78 is 0. The number of rotatable bonds is 1. The van der Waals surface area contributed by atoms with E-state index in [2.05, 4.69) is 54.5 Å². The van der Waals surface area contributed by atoms with Crippen molar-refractivity contribution in [2.45, 2.75) is 112 Å². The fourth-order valence-electron chi connectivity index (χ4n) is 10.8. The molecule has 0 aromatic carbocycles. The molecule has 0 amide bonds. The van der Waals surface area contributed by atoms with Gasteiger partial charge in [0, 0.05) is 0 Å².